The van der Waals surface area contributed by atoms with Crippen molar-refractivity contribution in [1.82, 2.24) is 9.78 Å². The Labute approximate surface area is 179 Å². The molecule has 0 aliphatic rings. The first kappa shape index (κ1) is 19.3. The second kappa shape index (κ2) is 7.52. The number of methoxy groups -OCH3 is 1. The minimum absolute atomic E-state index is 0.489. The van der Waals surface area contributed by atoms with E-state index >= 15 is 0 Å². The summed E-state index contributed by atoms with van der Waals surface area (Å²) in [6.07, 6.45) is 1.73. The van der Waals surface area contributed by atoms with Crippen LogP contribution in [0, 0.1) is 0 Å². The molecule has 0 radical (unpaired) electrons. The normalized spacial score (nSPS) is 13.4. The van der Waals surface area contributed by atoms with Crippen LogP contribution in [0.15, 0.2) is 91.1 Å². The molecular weight excluding hydrogens is 391 g/mol. The lowest BCUT2D eigenvalue weighted by molar-refractivity contribution is 0.0521. The Hall–Kier alpha value is -3.70. The largest absolute Gasteiger partial charge is 0.497 e. The molecule has 1 N–H and O–H groups in total. The fourth-order valence-electron chi connectivity index (χ4n) is 3.99. The van der Waals surface area contributed by atoms with Gasteiger partial charge in [0.05, 0.1) is 24.5 Å². The topological polar surface area (TPSA) is 47.3 Å². The van der Waals surface area contributed by atoms with Gasteiger partial charge in [-0.05, 0) is 64.4 Å². The van der Waals surface area contributed by atoms with Gasteiger partial charge in [0.2, 0.25) is 0 Å². The molecule has 5 aromatic rings. The van der Waals surface area contributed by atoms with Crippen LogP contribution >= 0.6 is 0 Å². The first-order chi connectivity index (χ1) is 15.1. The van der Waals surface area contributed by atoms with E-state index in [9.17, 15) is 9.50 Å². The summed E-state index contributed by atoms with van der Waals surface area (Å²) in [7, 11) is 1.62. The summed E-state index contributed by atoms with van der Waals surface area (Å²) in [6.45, 7) is -0.938. The van der Waals surface area contributed by atoms with Crippen molar-refractivity contribution in [1.29, 1.82) is 0 Å². The molecule has 0 saturated heterocycles. The molecule has 31 heavy (non-hydrogen) atoms. The van der Waals surface area contributed by atoms with Crippen molar-refractivity contribution in [3.63, 3.8) is 0 Å². The maximum absolute atomic E-state index is 14.3. The number of para-hydroxylation sites is 1. The van der Waals surface area contributed by atoms with Crippen LogP contribution in [0.3, 0.4) is 0 Å². The van der Waals surface area contributed by atoms with Crippen LogP contribution in [0.5, 0.6) is 5.75 Å². The number of aliphatic hydroxyl groups is 1. The van der Waals surface area contributed by atoms with E-state index < -0.39 is 12.3 Å². The van der Waals surface area contributed by atoms with Crippen molar-refractivity contribution in [3.05, 3.63) is 102 Å². The van der Waals surface area contributed by atoms with Gasteiger partial charge in [0.25, 0.3) is 0 Å². The maximum atomic E-state index is 14.3. The van der Waals surface area contributed by atoms with Crippen LogP contribution in [0.2, 0.25) is 0 Å². The third-order valence-corrected chi connectivity index (χ3v) is 5.76. The summed E-state index contributed by atoms with van der Waals surface area (Å²) >= 11 is 0. The zero-order chi connectivity index (χ0) is 21.4. The zero-order valence-corrected chi connectivity index (χ0v) is 17.0. The lowest BCUT2D eigenvalue weighted by Crippen LogP contribution is -2.29. The smallest absolute Gasteiger partial charge is 0.143 e. The van der Waals surface area contributed by atoms with E-state index in [0.717, 1.165) is 33.1 Å². The SMILES string of the molecule is COc1ccc2cc(C(O)(CF)c3ccc4c(cnn4-c4ccccc4)c3)ccc2c1. The quantitative estimate of drug-likeness (QED) is 0.421. The van der Waals surface area contributed by atoms with E-state index in [0.29, 0.717) is 11.1 Å². The molecule has 1 atom stereocenters. The number of nitrogens with zero attached hydrogens (tertiary/aromatic N) is 2. The first-order valence-corrected chi connectivity index (χ1v) is 10.0. The lowest BCUT2D eigenvalue weighted by Gasteiger charge is -2.26. The summed E-state index contributed by atoms with van der Waals surface area (Å²) in [5.41, 5.74) is 1.07. The molecule has 0 bridgehead atoms. The average molecular weight is 412 g/mol. The molecule has 154 valence electrons. The first-order valence-electron chi connectivity index (χ1n) is 10.0. The summed E-state index contributed by atoms with van der Waals surface area (Å²) in [5, 5.41) is 18.6. The Morgan fingerprint density at radius 2 is 1.55 bits per heavy atom. The molecule has 1 heterocycles. The predicted molar refractivity (Wildman–Crippen MR) is 121 cm³/mol. The molecule has 1 unspecified atom stereocenters. The standard InChI is InChI=1S/C26H21FN2O2/c1-31-24-11-8-18-13-21(9-7-19(18)15-24)26(30,17-27)22-10-12-25-20(14-22)16-28-29(25)23-5-3-2-4-6-23/h2-16,30H,17H2,1H3. The van der Waals surface area contributed by atoms with E-state index in [2.05, 4.69) is 5.10 Å². The van der Waals surface area contributed by atoms with Crippen LogP contribution in [-0.4, -0.2) is 28.7 Å². The highest BCUT2D eigenvalue weighted by Gasteiger charge is 2.32. The Bertz CT molecular complexity index is 1380. The van der Waals surface area contributed by atoms with E-state index in [1.807, 2.05) is 71.4 Å². The fourth-order valence-corrected chi connectivity index (χ4v) is 3.99. The summed E-state index contributed by atoms with van der Waals surface area (Å²) < 4.78 is 21.4. The minimum atomic E-state index is -1.75. The Morgan fingerprint density at radius 3 is 2.29 bits per heavy atom. The van der Waals surface area contributed by atoms with Crippen molar-refractivity contribution in [2.24, 2.45) is 0 Å². The molecular formula is C26H21FN2O2. The van der Waals surface area contributed by atoms with Gasteiger partial charge in [-0.1, -0.05) is 42.5 Å². The van der Waals surface area contributed by atoms with E-state index in [4.69, 9.17) is 4.74 Å². The molecule has 0 saturated carbocycles. The van der Waals surface area contributed by atoms with Crippen LogP contribution < -0.4 is 4.74 Å². The van der Waals surface area contributed by atoms with Gasteiger partial charge in [0.15, 0.2) is 0 Å². The van der Waals surface area contributed by atoms with Crippen molar-refractivity contribution in [2.45, 2.75) is 5.60 Å². The van der Waals surface area contributed by atoms with Gasteiger partial charge < -0.3 is 9.84 Å². The van der Waals surface area contributed by atoms with E-state index in [-0.39, 0.29) is 0 Å². The summed E-state index contributed by atoms with van der Waals surface area (Å²) in [6, 6.07) is 26.4. The van der Waals surface area contributed by atoms with Crippen molar-refractivity contribution in [2.75, 3.05) is 13.8 Å². The van der Waals surface area contributed by atoms with E-state index in [1.165, 1.54) is 0 Å². The number of hydrogen-bond acceptors (Lipinski definition) is 3. The number of alkyl halides is 1. The third kappa shape index (κ3) is 3.23. The predicted octanol–water partition coefficient (Wildman–Crippen LogP) is 5.39. The van der Waals surface area contributed by atoms with Crippen molar-refractivity contribution in [3.8, 4) is 11.4 Å². The molecule has 0 amide bonds. The van der Waals surface area contributed by atoms with Gasteiger partial charge in [0.1, 0.15) is 18.0 Å². The number of ether oxygens (including phenoxy) is 1. The molecule has 1 aromatic heterocycles. The molecule has 0 aliphatic heterocycles. The van der Waals surface area contributed by atoms with Crippen molar-refractivity contribution < 1.29 is 14.2 Å². The third-order valence-electron chi connectivity index (χ3n) is 5.76. The highest BCUT2D eigenvalue weighted by atomic mass is 19.1. The molecule has 4 aromatic carbocycles. The fraction of sp³-hybridized carbons (Fsp3) is 0.115. The lowest BCUT2D eigenvalue weighted by atomic mass is 9.86. The van der Waals surface area contributed by atoms with Gasteiger partial charge in [-0.15, -0.1) is 0 Å². The van der Waals surface area contributed by atoms with Gasteiger partial charge in [-0.3, -0.25) is 0 Å². The molecule has 5 rings (SSSR count). The minimum Gasteiger partial charge on any atom is -0.497 e. The van der Waals surface area contributed by atoms with Crippen LogP contribution in [-0.2, 0) is 5.60 Å². The monoisotopic (exact) mass is 412 g/mol. The molecule has 4 nitrogen and oxygen atoms in total. The number of aromatic nitrogens is 2. The van der Waals surface area contributed by atoms with Crippen LogP contribution in [0.1, 0.15) is 11.1 Å². The Kier molecular flexibility index (Phi) is 4.68. The van der Waals surface area contributed by atoms with Crippen molar-refractivity contribution >= 4 is 21.7 Å². The van der Waals surface area contributed by atoms with Crippen LogP contribution in [0.25, 0.3) is 27.4 Å². The second-order valence-electron chi connectivity index (χ2n) is 7.59. The Morgan fingerprint density at radius 1 is 0.871 bits per heavy atom. The molecule has 0 aliphatic carbocycles. The highest BCUT2D eigenvalue weighted by Crippen LogP contribution is 2.35. The van der Waals surface area contributed by atoms with Gasteiger partial charge in [-0.2, -0.15) is 5.10 Å². The highest BCUT2D eigenvalue weighted by molar-refractivity contribution is 5.85. The average Bonchev–Trinajstić information content (AvgIpc) is 3.26. The van der Waals surface area contributed by atoms with E-state index in [1.54, 1.807) is 31.5 Å². The number of benzene rings is 4. The summed E-state index contributed by atoms with van der Waals surface area (Å²) in [4.78, 5) is 0. The van der Waals surface area contributed by atoms with Gasteiger partial charge in [-0.25, -0.2) is 9.07 Å². The molecule has 0 fully saturated rings. The molecule has 0 spiro atoms. The summed E-state index contributed by atoms with van der Waals surface area (Å²) in [5.74, 6) is 0.752. The number of rotatable bonds is 5. The number of hydrogen-bond donors (Lipinski definition) is 1. The Balaban J connectivity index is 1.59. The van der Waals surface area contributed by atoms with Gasteiger partial charge in [0, 0.05) is 5.39 Å². The number of halogens is 1. The second-order valence-corrected chi connectivity index (χ2v) is 7.59. The van der Waals surface area contributed by atoms with Gasteiger partial charge >= 0.3 is 0 Å². The van der Waals surface area contributed by atoms with Crippen LogP contribution in [0.4, 0.5) is 4.39 Å². The zero-order valence-electron chi connectivity index (χ0n) is 17.0. The molecule has 5 heteroatoms. The number of fused-ring (bicyclic) bond motifs is 2. The maximum Gasteiger partial charge on any atom is 0.143 e.